The first-order chi connectivity index (χ1) is 14.6. The van der Waals surface area contributed by atoms with Gasteiger partial charge in [-0.2, -0.15) is 4.98 Å². The third-order valence-electron chi connectivity index (χ3n) is 4.00. The largest absolute Gasteiger partial charge is 0.397 e. The second-order valence-corrected chi connectivity index (χ2v) is 7.67. The first-order valence-electron chi connectivity index (χ1n) is 8.43. The molecule has 14 heteroatoms. The number of nitrogens with one attached hydrogen (secondary N) is 2. The van der Waals surface area contributed by atoms with Crippen LogP contribution in [0, 0.1) is 10.1 Å². The Labute approximate surface area is 175 Å². The summed E-state index contributed by atoms with van der Waals surface area (Å²) in [5, 5.41) is 21.6. The number of nitrogens with two attached hydrogens (primary N) is 3. The molecular formula is C17H16N8O5S. The quantitative estimate of drug-likeness (QED) is 0.199. The number of nitrogens with zero attached hydrogens (tertiary/aromatic N) is 3. The van der Waals surface area contributed by atoms with Gasteiger partial charge in [-0.15, -0.1) is 0 Å². The number of rotatable bonds is 7. The molecule has 3 rings (SSSR count). The van der Waals surface area contributed by atoms with E-state index in [2.05, 4.69) is 20.6 Å². The van der Waals surface area contributed by atoms with Crippen molar-refractivity contribution in [2.24, 2.45) is 10.9 Å². The molecule has 13 nitrogen and oxygen atoms in total. The van der Waals surface area contributed by atoms with Crippen LogP contribution in [0.5, 0.6) is 0 Å². The fourth-order valence-electron chi connectivity index (χ4n) is 2.55. The van der Waals surface area contributed by atoms with E-state index in [1.54, 1.807) is 6.07 Å². The van der Waals surface area contributed by atoms with Crippen molar-refractivity contribution >= 4 is 50.4 Å². The maximum absolute atomic E-state index is 11.8. The number of amides is 1. The smallest absolute Gasteiger partial charge is 0.271 e. The van der Waals surface area contributed by atoms with Gasteiger partial charge in [0.15, 0.2) is 0 Å². The van der Waals surface area contributed by atoms with Gasteiger partial charge in [-0.05, 0) is 18.2 Å². The number of sulfonamides is 1. The average molecular weight is 444 g/mol. The van der Waals surface area contributed by atoms with E-state index in [0.29, 0.717) is 0 Å². The van der Waals surface area contributed by atoms with E-state index >= 15 is 0 Å². The van der Waals surface area contributed by atoms with Gasteiger partial charge in [-0.1, -0.05) is 12.1 Å². The van der Waals surface area contributed by atoms with Crippen molar-refractivity contribution in [3.8, 4) is 0 Å². The minimum absolute atomic E-state index is 0.0482. The second kappa shape index (κ2) is 8.21. The molecule has 0 saturated carbocycles. The fourth-order valence-corrected chi connectivity index (χ4v) is 3.24. The topological polar surface area (TPSA) is 222 Å². The van der Waals surface area contributed by atoms with Crippen LogP contribution < -0.4 is 27.2 Å². The lowest BCUT2D eigenvalue weighted by Gasteiger charge is -2.14. The number of nitrogen functional groups attached to an aromatic ring is 1. The molecule has 0 atom stereocenters. The van der Waals surface area contributed by atoms with Crippen molar-refractivity contribution in [3.63, 3.8) is 0 Å². The molecule has 0 unspecified atom stereocenters. The minimum Gasteiger partial charge on any atom is -0.397 e. The number of hydrogen-bond acceptors (Lipinski definition) is 10. The summed E-state index contributed by atoms with van der Waals surface area (Å²) >= 11 is 0. The molecule has 0 radical (unpaired) electrons. The zero-order valence-electron chi connectivity index (χ0n) is 15.6. The number of hydrogen-bond donors (Lipinski definition) is 5. The summed E-state index contributed by atoms with van der Waals surface area (Å²) < 4.78 is 23.7. The van der Waals surface area contributed by atoms with Crippen molar-refractivity contribution < 1.29 is 18.1 Å². The predicted molar refractivity (Wildman–Crippen MR) is 112 cm³/mol. The molecule has 0 aliphatic carbocycles. The summed E-state index contributed by atoms with van der Waals surface area (Å²) in [6.45, 7) is 0. The molecule has 1 heterocycles. The molecule has 0 bridgehead atoms. The lowest BCUT2D eigenvalue weighted by molar-refractivity contribution is -0.384. The molecule has 1 aromatic heterocycles. The molecule has 8 N–H and O–H groups in total. The lowest BCUT2D eigenvalue weighted by Crippen LogP contribution is -2.17. The number of carbonyl (C=O) groups excluding carboxylic acids is 1. The van der Waals surface area contributed by atoms with Crippen LogP contribution in [0.2, 0.25) is 0 Å². The first-order valence-corrected chi connectivity index (χ1v) is 9.97. The maximum atomic E-state index is 11.8. The van der Waals surface area contributed by atoms with Crippen LogP contribution in [0.1, 0.15) is 10.4 Å². The molecule has 0 aliphatic rings. The van der Waals surface area contributed by atoms with Gasteiger partial charge in [0, 0.05) is 18.3 Å². The Hall–Kier alpha value is -4.30. The highest BCUT2D eigenvalue weighted by Crippen LogP contribution is 2.29. The number of para-hydroxylation sites is 1. The van der Waals surface area contributed by atoms with Gasteiger partial charge in [-0.25, -0.2) is 18.5 Å². The normalized spacial score (nSPS) is 11.0. The number of primary sulfonamides is 1. The van der Waals surface area contributed by atoms with Gasteiger partial charge in [0.05, 0.1) is 22.0 Å². The molecule has 0 saturated heterocycles. The van der Waals surface area contributed by atoms with Crippen LogP contribution in [0.15, 0.2) is 53.6 Å². The van der Waals surface area contributed by atoms with Crippen molar-refractivity contribution in [1.82, 2.24) is 9.97 Å². The summed E-state index contributed by atoms with van der Waals surface area (Å²) in [6.07, 6.45) is 1.10. The van der Waals surface area contributed by atoms with Gasteiger partial charge in [0.1, 0.15) is 16.3 Å². The van der Waals surface area contributed by atoms with E-state index in [-0.39, 0.29) is 45.0 Å². The minimum atomic E-state index is -4.08. The van der Waals surface area contributed by atoms with E-state index in [1.165, 1.54) is 36.4 Å². The Morgan fingerprint density at radius 3 is 2.45 bits per heavy atom. The number of primary amides is 1. The summed E-state index contributed by atoms with van der Waals surface area (Å²) in [7, 11) is -4.08. The highest BCUT2D eigenvalue weighted by molar-refractivity contribution is 7.89. The number of non-ortho nitro benzene ring substituents is 1. The fraction of sp³-hybridized carbons (Fsp3) is 0. The van der Waals surface area contributed by atoms with Crippen molar-refractivity contribution in [1.29, 1.82) is 0 Å². The third-order valence-corrected chi connectivity index (χ3v) is 4.96. The Morgan fingerprint density at radius 2 is 1.81 bits per heavy atom. The van der Waals surface area contributed by atoms with E-state index in [1.807, 2.05) is 0 Å². The van der Waals surface area contributed by atoms with Gasteiger partial charge in [0.25, 0.3) is 11.6 Å². The summed E-state index contributed by atoms with van der Waals surface area (Å²) in [4.78, 5) is 30.0. The molecule has 2 aromatic carbocycles. The lowest BCUT2D eigenvalue weighted by atomic mass is 10.2. The Bertz CT molecular complexity index is 1300. The zero-order valence-corrected chi connectivity index (χ0v) is 16.5. The van der Waals surface area contributed by atoms with E-state index in [0.717, 1.165) is 6.20 Å². The van der Waals surface area contributed by atoms with Crippen LogP contribution in [0.4, 0.5) is 34.5 Å². The number of nitro groups is 1. The van der Waals surface area contributed by atoms with E-state index < -0.39 is 20.9 Å². The summed E-state index contributed by atoms with van der Waals surface area (Å²) in [5.74, 6) is -1.09. The van der Waals surface area contributed by atoms with Crippen molar-refractivity contribution in [2.45, 2.75) is 4.90 Å². The molecule has 0 spiro atoms. The Balaban J connectivity index is 2.03. The Morgan fingerprint density at radius 1 is 1.10 bits per heavy atom. The van der Waals surface area contributed by atoms with E-state index in [4.69, 9.17) is 16.6 Å². The maximum Gasteiger partial charge on any atom is 0.271 e. The first kappa shape index (κ1) is 21.4. The predicted octanol–water partition coefficient (Wildman–Crippen LogP) is 1.20. The zero-order chi connectivity index (χ0) is 22.8. The van der Waals surface area contributed by atoms with Crippen LogP contribution in [-0.2, 0) is 10.0 Å². The van der Waals surface area contributed by atoms with Crippen LogP contribution >= 0.6 is 0 Å². The van der Waals surface area contributed by atoms with Gasteiger partial charge < -0.3 is 22.1 Å². The molecule has 3 aromatic rings. The number of benzene rings is 2. The van der Waals surface area contributed by atoms with E-state index in [9.17, 15) is 23.3 Å². The van der Waals surface area contributed by atoms with Gasteiger partial charge >= 0.3 is 0 Å². The van der Waals surface area contributed by atoms with Crippen molar-refractivity contribution in [2.75, 3.05) is 16.4 Å². The third kappa shape index (κ3) is 4.82. The standard InChI is InChI=1S/C17H16N8O5S/c18-11-6-5-9(25(27)28)7-13(11)23-17-21-8-10(15(19)26)16(24-17)22-12-3-1-2-4-14(12)31(20,29)30/h1-8H,18H2,(H2,19,26)(H2,20,29,30)(H2,21,22,23,24). The summed E-state index contributed by atoms with van der Waals surface area (Å²) in [5.41, 5.74) is 11.2. The molecule has 31 heavy (non-hydrogen) atoms. The average Bonchev–Trinajstić information content (AvgIpc) is 2.69. The molecule has 1 amide bonds. The number of anilines is 5. The van der Waals surface area contributed by atoms with Crippen LogP contribution in [0.25, 0.3) is 0 Å². The molecule has 0 fully saturated rings. The van der Waals surface area contributed by atoms with Crippen LogP contribution in [0.3, 0.4) is 0 Å². The molecule has 0 aliphatic heterocycles. The number of aromatic nitrogens is 2. The second-order valence-electron chi connectivity index (χ2n) is 6.14. The SMILES string of the molecule is NC(=O)c1cnc(Nc2cc([N+](=O)[O-])ccc2N)nc1Nc1ccccc1S(N)(=O)=O. The van der Waals surface area contributed by atoms with Gasteiger partial charge in [-0.3, -0.25) is 14.9 Å². The van der Waals surface area contributed by atoms with Crippen LogP contribution in [-0.4, -0.2) is 29.2 Å². The summed E-state index contributed by atoms with van der Waals surface area (Å²) in [6, 6.07) is 9.45. The highest BCUT2D eigenvalue weighted by Gasteiger charge is 2.18. The highest BCUT2D eigenvalue weighted by atomic mass is 32.2. The molecule has 160 valence electrons. The monoisotopic (exact) mass is 444 g/mol. The Kier molecular flexibility index (Phi) is 5.67. The number of nitro benzene ring substituents is 1. The number of carbonyl (C=O) groups is 1. The van der Waals surface area contributed by atoms with Gasteiger partial charge in [0.2, 0.25) is 16.0 Å². The van der Waals surface area contributed by atoms with Crippen molar-refractivity contribution in [3.05, 3.63) is 64.3 Å². The molecular weight excluding hydrogens is 428 g/mol.